The number of nitrogens with zero attached hydrogens (tertiary/aromatic N) is 2. The second-order valence-corrected chi connectivity index (χ2v) is 7.87. The number of carbonyl (C=O) groups is 1. The van der Waals surface area contributed by atoms with E-state index in [9.17, 15) is 4.79 Å². The van der Waals surface area contributed by atoms with Gasteiger partial charge in [0.1, 0.15) is 5.01 Å². The van der Waals surface area contributed by atoms with Gasteiger partial charge in [0.15, 0.2) is 4.34 Å². The molecule has 0 radical (unpaired) electrons. The summed E-state index contributed by atoms with van der Waals surface area (Å²) >= 11 is 3.03. The zero-order valence-electron chi connectivity index (χ0n) is 11.5. The van der Waals surface area contributed by atoms with Crippen molar-refractivity contribution in [3.05, 3.63) is 5.01 Å². The normalized spacial score (nSPS) is 18.2. The van der Waals surface area contributed by atoms with Crippen molar-refractivity contribution in [3.63, 3.8) is 0 Å². The standard InChI is InChI=1S/C13H21N3OS2/c1-9(18-13-16-15-10(2)19-13)12(17)14-8-11-6-4-3-5-7-11/h9,11H,3-8H2,1-2H3,(H,14,17)/t9-/m0/s1. The van der Waals surface area contributed by atoms with Crippen LogP contribution in [0.25, 0.3) is 0 Å². The first kappa shape index (κ1) is 14.8. The molecule has 106 valence electrons. The Kier molecular flexibility index (Phi) is 5.63. The zero-order valence-corrected chi connectivity index (χ0v) is 13.1. The van der Waals surface area contributed by atoms with Crippen LogP contribution in [0, 0.1) is 12.8 Å². The van der Waals surface area contributed by atoms with E-state index in [2.05, 4.69) is 15.5 Å². The molecule has 1 aliphatic rings. The van der Waals surface area contributed by atoms with E-state index in [4.69, 9.17) is 0 Å². The van der Waals surface area contributed by atoms with Crippen LogP contribution in [0.3, 0.4) is 0 Å². The molecule has 0 saturated heterocycles. The average Bonchev–Trinajstić information content (AvgIpc) is 2.82. The lowest BCUT2D eigenvalue weighted by molar-refractivity contribution is -0.120. The molecular formula is C13H21N3OS2. The van der Waals surface area contributed by atoms with Gasteiger partial charge < -0.3 is 5.32 Å². The van der Waals surface area contributed by atoms with Crippen LogP contribution in [0.5, 0.6) is 0 Å². The highest BCUT2D eigenvalue weighted by molar-refractivity contribution is 8.02. The number of rotatable bonds is 5. The van der Waals surface area contributed by atoms with Gasteiger partial charge in [-0.25, -0.2) is 0 Å². The number of thioether (sulfide) groups is 1. The van der Waals surface area contributed by atoms with Crippen molar-refractivity contribution in [2.75, 3.05) is 6.54 Å². The minimum atomic E-state index is -0.101. The van der Waals surface area contributed by atoms with Crippen molar-refractivity contribution in [3.8, 4) is 0 Å². The monoisotopic (exact) mass is 299 g/mol. The first-order valence-electron chi connectivity index (χ1n) is 6.89. The van der Waals surface area contributed by atoms with Crippen molar-refractivity contribution in [1.82, 2.24) is 15.5 Å². The van der Waals surface area contributed by atoms with Gasteiger partial charge in [0.05, 0.1) is 5.25 Å². The first-order chi connectivity index (χ1) is 9.15. The third-order valence-electron chi connectivity index (χ3n) is 3.44. The molecule has 1 heterocycles. The van der Waals surface area contributed by atoms with Crippen molar-refractivity contribution in [2.24, 2.45) is 5.92 Å². The molecule has 1 fully saturated rings. The van der Waals surface area contributed by atoms with Crippen LogP contribution in [-0.2, 0) is 4.79 Å². The Bertz CT molecular complexity index is 416. The minimum absolute atomic E-state index is 0.101. The molecule has 0 aromatic carbocycles. The van der Waals surface area contributed by atoms with E-state index in [1.54, 1.807) is 11.3 Å². The van der Waals surface area contributed by atoms with Crippen LogP contribution in [0.1, 0.15) is 44.0 Å². The van der Waals surface area contributed by atoms with Crippen LogP contribution < -0.4 is 5.32 Å². The maximum Gasteiger partial charge on any atom is 0.233 e. The van der Waals surface area contributed by atoms with Crippen LogP contribution in [0.15, 0.2) is 4.34 Å². The Labute approximate surface area is 122 Å². The van der Waals surface area contributed by atoms with Gasteiger partial charge >= 0.3 is 0 Å². The van der Waals surface area contributed by atoms with Crippen molar-refractivity contribution >= 4 is 29.0 Å². The van der Waals surface area contributed by atoms with Crippen LogP contribution in [-0.4, -0.2) is 27.9 Å². The first-order valence-corrected chi connectivity index (χ1v) is 8.59. The molecule has 1 saturated carbocycles. The number of aromatic nitrogens is 2. The van der Waals surface area contributed by atoms with Gasteiger partial charge in [0.2, 0.25) is 5.91 Å². The molecule has 1 atom stereocenters. The van der Waals surface area contributed by atoms with Gasteiger partial charge in [0.25, 0.3) is 0 Å². The Morgan fingerprint density at radius 2 is 2.16 bits per heavy atom. The third kappa shape index (κ3) is 4.76. The number of nitrogens with one attached hydrogen (secondary N) is 1. The predicted octanol–water partition coefficient (Wildman–Crippen LogP) is 3.02. The number of aryl methyl sites for hydroxylation is 1. The summed E-state index contributed by atoms with van der Waals surface area (Å²) < 4.78 is 0.873. The summed E-state index contributed by atoms with van der Waals surface area (Å²) in [6.45, 7) is 4.69. The van der Waals surface area contributed by atoms with Crippen LogP contribution >= 0.6 is 23.1 Å². The molecule has 0 spiro atoms. The lowest BCUT2D eigenvalue weighted by Gasteiger charge is -2.22. The predicted molar refractivity (Wildman–Crippen MR) is 79.5 cm³/mol. The van der Waals surface area contributed by atoms with E-state index < -0.39 is 0 Å². The van der Waals surface area contributed by atoms with Crippen LogP contribution in [0.2, 0.25) is 0 Å². The molecule has 4 nitrogen and oxygen atoms in total. The second-order valence-electron chi connectivity index (χ2n) is 5.10. The molecule has 19 heavy (non-hydrogen) atoms. The smallest absolute Gasteiger partial charge is 0.233 e. The van der Waals surface area contributed by atoms with Gasteiger partial charge in [-0.3, -0.25) is 4.79 Å². The van der Waals surface area contributed by atoms with Gasteiger partial charge in [-0.05, 0) is 32.6 Å². The van der Waals surface area contributed by atoms with E-state index >= 15 is 0 Å². The second kappa shape index (κ2) is 7.24. The number of amides is 1. The average molecular weight is 299 g/mol. The summed E-state index contributed by atoms with van der Waals surface area (Å²) in [5, 5.41) is 11.9. The van der Waals surface area contributed by atoms with Crippen molar-refractivity contribution in [1.29, 1.82) is 0 Å². The van der Waals surface area contributed by atoms with Gasteiger partial charge in [-0.15, -0.1) is 10.2 Å². The van der Waals surface area contributed by atoms with E-state index in [1.807, 2.05) is 13.8 Å². The molecular weight excluding hydrogens is 278 g/mol. The molecule has 1 aromatic rings. The van der Waals surface area contributed by atoms with E-state index in [1.165, 1.54) is 43.9 Å². The molecule has 1 aliphatic carbocycles. The minimum Gasteiger partial charge on any atom is -0.355 e. The quantitative estimate of drug-likeness (QED) is 0.849. The Morgan fingerprint density at radius 3 is 2.79 bits per heavy atom. The van der Waals surface area contributed by atoms with Gasteiger partial charge in [-0.2, -0.15) is 0 Å². The lowest BCUT2D eigenvalue weighted by atomic mass is 9.89. The molecule has 2 rings (SSSR count). The molecule has 0 aliphatic heterocycles. The largest absolute Gasteiger partial charge is 0.355 e. The molecule has 1 N–H and O–H groups in total. The van der Waals surface area contributed by atoms with Gasteiger partial charge in [0, 0.05) is 6.54 Å². The molecule has 6 heteroatoms. The van der Waals surface area contributed by atoms with Crippen molar-refractivity contribution < 1.29 is 4.79 Å². The van der Waals surface area contributed by atoms with Crippen LogP contribution in [0.4, 0.5) is 0 Å². The maximum atomic E-state index is 12.0. The lowest BCUT2D eigenvalue weighted by Crippen LogP contribution is -2.35. The summed E-state index contributed by atoms with van der Waals surface area (Å²) in [5.74, 6) is 0.794. The molecule has 1 aromatic heterocycles. The summed E-state index contributed by atoms with van der Waals surface area (Å²) in [6, 6.07) is 0. The summed E-state index contributed by atoms with van der Waals surface area (Å²) in [4.78, 5) is 12.0. The van der Waals surface area contributed by atoms with E-state index in [0.29, 0.717) is 5.92 Å². The number of carbonyl (C=O) groups excluding carboxylic acids is 1. The highest BCUT2D eigenvalue weighted by Crippen LogP contribution is 2.26. The Morgan fingerprint density at radius 1 is 1.42 bits per heavy atom. The molecule has 0 bridgehead atoms. The van der Waals surface area contributed by atoms with Crippen molar-refractivity contribution in [2.45, 2.75) is 55.5 Å². The Balaban J connectivity index is 1.72. The molecule has 1 amide bonds. The molecule has 0 unspecified atom stereocenters. The van der Waals surface area contributed by atoms with E-state index in [-0.39, 0.29) is 11.2 Å². The summed E-state index contributed by atoms with van der Waals surface area (Å²) in [5.41, 5.74) is 0. The number of hydrogen-bond acceptors (Lipinski definition) is 5. The zero-order chi connectivity index (χ0) is 13.7. The number of hydrogen-bond donors (Lipinski definition) is 1. The van der Waals surface area contributed by atoms with E-state index in [0.717, 1.165) is 15.9 Å². The topological polar surface area (TPSA) is 54.9 Å². The SMILES string of the molecule is Cc1nnc(S[C@@H](C)C(=O)NCC2CCCCC2)s1. The highest BCUT2D eigenvalue weighted by Gasteiger charge is 2.19. The maximum absolute atomic E-state index is 12.0. The summed E-state index contributed by atoms with van der Waals surface area (Å²) in [6.07, 6.45) is 6.51. The Hall–Kier alpha value is -0.620. The van der Waals surface area contributed by atoms with Gasteiger partial charge in [-0.1, -0.05) is 42.4 Å². The summed E-state index contributed by atoms with van der Waals surface area (Å²) in [7, 11) is 0. The highest BCUT2D eigenvalue weighted by atomic mass is 32.2. The third-order valence-corrected chi connectivity index (χ3v) is 5.47. The fraction of sp³-hybridized carbons (Fsp3) is 0.769. The fourth-order valence-electron chi connectivity index (χ4n) is 2.31. The fourth-order valence-corrected chi connectivity index (χ4v) is 4.29.